The minimum Gasteiger partial charge on any atom is -0.354 e. The van der Waals surface area contributed by atoms with Crippen molar-refractivity contribution < 1.29 is 9.59 Å². The number of benzene rings is 2. The molecule has 0 bridgehead atoms. The summed E-state index contributed by atoms with van der Waals surface area (Å²) in [7, 11) is 0. The molecule has 1 aliphatic heterocycles. The summed E-state index contributed by atoms with van der Waals surface area (Å²) in [6.07, 6.45) is 2.60. The van der Waals surface area contributed by atoms with E-state index in [-0.39, 0.29) is 18.2 Å². The highest BCUT2D eigenvalue weighted by molar-refractivity contribution is 6.30. The van der Waals surface area contributed by atoms with E-state index >= 15 is 0 Å². The average molecular weight is 395 g/mol. The van der Waals surface area contributed by atoms with Gasteiger partial charge in [0.05, 0.1) is 17.8 Å². The van der Waals surface area contributed by atoms with E-state index in [0.29, 0.717) is 23.7 Å². The highest BCUT2D eigenvalue weighted by Crippen LogP contribution is 2.25. The lowest BCUT2D eigenvalue weighted by molar-refractivity contribution is -0.127. The van der Waals surface area contributed by atoms with Gasteiger partial charge in [-0.25, -0.2) is 4.68 Å². The molecule has 4 rings (SSSR count). The molecule has 1 aliphatic rings. The predicted octanol–water partition coefficient (Wildman–Crippen LogP) is 2.74. The van der Waals surface area contributed by atoms with Gasteiger partial charge in [0.25, 0.3) is 0 Å². The molecule has 0 radical (unpaired) electrons. The van der Waals surface area contributed by atoms with Crippen molar-refractivity contribution >= 4 is 23.4 Å². The number of para-hydroxylation sites is 1. The summed E-state index contributed by atoms with van der Waals surface area (Å²) >= 11 is 6.01. The van der Waals surface area contributed by atoms with E-state index in [4.69, 9.17) is 16.7 Å². The summed E-state index contributed by atoms with van der Waals surface area (Å²) < 4.78 is 1.76. The van der Waals surface area contributed by atoms with Crippen LogP contribution in [-0.2, 0) is 16.0 Å². The molecular formula is C21H19ClN4O2. The normalized spacial score (nSPS) is 16.0. The zero-order valence-corrected chi connectivity index (χ0v) is 15.8. The van der Waals surface area contributed by atoms with Gasteiger partial charge in [-0.1, -0.05) is 41.9 Å². The van der Waals surface area contributed by atoms with Crippen molar-refractivity contribution in [2.75, 3.05) is 6.54 Å². The topological polar surface area (TPSA) is 76.0 Å². The maximum atomic E-state index is 12.5. The number of nitrogens with one attached hydrogen (secondary N) is 2. The third-order valence-electron chi connectivity index (χ3n) is 4.66. The van der Waals surface area contributed by atoms with E-state index in [0.717, 1.165) is 16.8 Å². The molecule has 142 valence electrons. The monoisotopic (exact) mass is 394 g/mol. The second-order valence-electron chi connectivity index (χ2n) is 6.67. The van der Waals surface area contributed by atoms with Crippen LogP contribution >= 0.6 is 11.6 Å². The third-order valence-corrected chi connectivity index (χ3v) is 4.92. The average Bonchev–Trinajstić information content (AvgIpc) is 3.30. The molecule has 28 heavy (non-hydrogen) atoms. The van der Waals surface area contributed by atoms with Gasteiger partial charge in [-0.15, -0.1) is 0 Å². The van der Waals surface area contributed by atoms with Crippen molar-refractivity contribution in [3.05, 3.63) is 71.4 Å². The highest BCUT2D eigenvalue weighted by atomic mass is 35.5. The smallest absolute Gasteiger partial charge is 0.242 e. The van der Waals surface area contributed by atoms with Gasteiger partial charge in [0.2, 0.25) is 11.8 Å². The largest absolute Gasteiger partial charge is 0.354 e. The first-order chi connectivity index (χ1) is 13.6. The third kappa shape index (κ3) is 3.92. The minimum absolute atomic E-state index is 0.133. The molecule has 2 aromatic carbocycles. The first kappa shape index (κ1) is 18.3. The van der Waals surface area contributed by atoms with Gasteiger partial charge in [0, 0.05) is 28.9 Å². The fourth-order valence-corrected chi connectivity index (χ4v) is 3.38. The van der Waals surface area contributed by atoms with Gasteiger partial charge in [0.1, 0.15) is 6.04 Å². The molecule has 2 amide bonds. The van der Waals surface area contributed by atoms with E-state index in [1.54, 1.807) is 16.8 Å². The van der Waals surface area contributed by atoms with Crippen LogP contribution in [-0.4, -0.2) is 34.2 Å². The zero-order chi connectivity index (χ0) is 19.5. The van der Waals surface area contributed by atoms with Crippen molar-refractivity contribution in [1.82, 2.24) is 20.4 Å². The second-order valence-corrected chi connectivity index (χ2v) is 7.10. The van der Waals surface area contributed by atoms with Gasteiger partial charge in [0.15, 0.2) is 0 Å². The van der Waals surface area contributed by atoms with Crippen LogP contribution in [0.3, 0.4) is 0 Å². The van der Waals surface area contributed by atoms with Gasteiger partial charge in [-0.2, -0.15) is 5.10 Å². The second kappa shape index (κ2) is 7.86. The molecule has 1 saturated heterocycles. The first-order valence-corrected chi connectivity index (χ1v) is 9.45. The van der Waals surface area contributed by atoms with Crippen LogP contribution in [0, 0.1) is 0 Å². The molecule has 1 unspecified atom stereocenters. The number of carbonyl (C=O) groups is 2. The van der Waals surface area contributed by atoms with E-state index < -0.39 is 6.04 Å². The van der Waals surface area contributed by atoms with E-state index in [9.17, 15) is 9.59 Å². The number of carbonyl (C=O) groups excluding carboxylic acids is 2. The molecule has 0 saturated carbocycles. The van der Waals surface area contributed by atoms with E-state index in [1.165, 1.54) is 0 Å². The zero-order valence-electron chi connectivity index (χ0n) is 15.1. The van der Waals surface area contributed by atoms with Crippen LogP contribution in [0.4, 0.5) is 0 Å². The fourth-order valence-electron chi connectivity index (χ4n) is 3.25. The Morgan fingerprint density at radius 1 is 1.18 bits per heavy atom. The van der Waals surface area contributed by atoms with Crippen LogP contribution in [0.1, 0.15) is 12.0 Å². The van der Waals surface area contributed by atoms with Crippen LogP contribution in [0.2, 0.25) is 5.02 Å². The molecule has 1 fully saturated rings. The number of amides is 2. The molecule has 6 nitrogen and oxygen atoms in total. The lowest BCUT2D eigenvalue weighted by atomic mass is 10.1. The molecule has 2 N–H and O–H groups in total. The molecular weight excluding hydrogens is 376 g/mol. The number of aromatic nitrogens is 2. The molecule has 1 aromatic heterocycles. The summed E-state index contributed by atoms with van der Waals surface area (Å²) in [6, 6.07) is 16.6. The number of hydrogen-bond donors (Lipinski definition) is 2. The Labute approximate surface area is 167 Å². The molecule has 3 aromatic rings. The number of rotatable bonds is 5. The molecule has 1 atom stereocenters. The van der Waals surface area contributed by atoms with Crippen molar-refractivity contribution in [2.24, 2.45) is 0 Å². The lowest BCUT2D eigenvalue weighted by Gasteiger charge is -2.09. The quantitative estimate of drug-likeness (QED) is 0.698. The van der Waals surface area contributed by atoms with Crippen LogP contribution in [0.5, 0.6) is 0 Å². The van der Waals surface area contributed by atoms with E-state index in [2.05, 4.69) is 10.6 Å². The Hall–Kier alpha value is -3.12. The summed E-state index contributed by atoms with van der Waals surface area (Å²) in [5.74, 6) is -0.337. The Morgan fingerprint density at radius 3 is 2.61 bits per heavy atom. The summed E-state index contributed by atoms with van der Waals surface area (Å²) in [5.41, 5.74) is 3.27. The predicted molar refractivity (Wildman–Crippen MR) is 107 cm³/mol. The maximum Gasteiger partial charge on any atom is 0.242 e. The van der Waals surface area contributed by atoms with Crippen molar-refractivity contribution in [3.8, 4) is 16.9 Å². The number of hydrogen-bond acceptors (Lipinski definition) is 3. The molecule has 0 spiro atoms. The first-order valence-electron chi connectivity index (χ1n) is 9.07. The van der Waals surface area contributed by atoms with Crippen molar-refractivity contribution in [3.63, 3.8) is 0 Å². The highest BCUT2D eigenvalue weighted by Gasteiger charge is 2.26. The lowest BCUT2D eigenvalue weighted by Crippen LogP contribution is -2.40. The molecule has 2 heterocycles. The van der Waals surface area contributed by atoms with Crippen LogP contribution in [0.25, 0.3) is 16.9 Å². The molecule has 7 heteroatoms. The van der Waals surface area contributed by atoms with Gasteiger partial charge < -0.3 is 10.6 Å². The van der Waals surface area contributed by atoms with Crippen LogP contribution < -0.4 is 10.6 Å². The fraction of sp³-hybridized carbons (Fsp3) is 0.190. The van der Waals surface area contributed by atoms with Gasteiger partial charge in [-0.05, 0) is 30.7 Å². The Morgan fingerprint density at radius 2 is 1.93 bits per heavy atom. The summed E-state index contributed by atoms with van der Waals surface area (Å²) in [4.78, 5) is 24.3. The molecule has 0 aliphatic carbocycles. The van der Waals surface area contributed by atoms with Crippen LogP contribution in [0.15, 0.2) is 60.8 Å². The summed E-state index contributed by atoms with van der Waals surface area (Å²) in [6.45, 7) is 0.589. The maximum absolute atomic E-state index is 12.5. The van der Waals surface area contributed by atoms with E-state index in [1.807, 2.05) is 48.7 Å². The van der Waals surface area contributed by atoms with Gasteiger partial charge >= 0.3 is 0 Å². The van der Waals surface area contributed by atoms with Crippen molar-refractivity contribution in [2.45, 2.75) is 18.9 Å². The standard InChI is InChI=1S/C21H19ClN4O2/c22-16-8-6-14(7-9-16)20-15(12-19(27)24-18-10-11-23-21(18)28)13-26(25-20)17-4-2-1-3-5-17/h1-9,13,18H,10-12H2,(H,23,28)(H,24,27). The number of nitrogens with zero attached hydrogens (tertiary/aromatic N) is 2. The number of halogens is 1. The SMILES string of the molecule is O=C(Cc1cn(-c2ccccc2)nc1-c1ccc(Cl)cc1)NC1CCNC1=O. The Balaban J connectivity index is 1.64. The van der Waals surface area contributed by atoms with Gasteiger partial charge in [-0.3, -0.25) is 9.59 Å². The summed E-state index contributed by atoms with van der Waals surface area (Å²) in [5, 5.41) is 10.9. The Kier molecular flexibility index (Phi) is 5.12. The Bertz CT molecular complexity index is 999. The van der Waals surface area contributed by atoms with Crippen molar-refractivity contribution in [1.29, 1.82) is 0 Å². The minimum atomic E-state index is -0.462.